The van der Waals surface area contributed by atoms with Gasteiger partial charge in [-0.1, -0.05) is 6.08 Å². The number of methoxy groups -OCH3 is 2. The second-order valence-corrected chi connectivity index (χ2v) is 3.04. The highest BCUT2D eigenvalue weighted by Gasteiger charge is 2.05. The largest absolute Gasteiger partial charge is 0.497 e. The quantitative estimate of drug-likeness (QED) is 0.732. The molecule has 0 heterocycles. The smallest absolute Gasteiger partial charge is 0.126 e. The molecule has 0 aliphatic carbocycles. The van der Waals surface area contributed by atoms with E-state index in [1.165, 1.54) is 5.57 Å². The molecule has 76 valence electrons. The van der Waals surface area contributed by atoms with Gasteiger partial charge < -0.3 is 9.47 Å². The zero-order valence-corrected chi connectivity index (χ0v) is 9.13. The Morgan fingerprint density at radius 3 is 2.43 bits per heavy atom. The number of rotatable bonds is 3. The molecule has 0 atom stereocenters. The molecule has 0 aliphatic rings. The van der Waals surface area contributed by atoms with Crippen LogP contribution < -0.4 is 9.47 Å². The summed E-state index contributed by atoms with van der Waals surface area (Å²) in [4.78, 5) is 0. The molecule has 0 saturated carbocycles. The van der Waals surface area contributed by atoms with E-state index in [0.29, 0.717) is 0 Å². The molecule has 14 heavy (non-hydrogen) atoms. The van der Waals surface area contributed by atoms with Crippen molar-refractivity contribution < 1.29 is 9.47 Å². The van der Waals surface area contributed by atoms with Crippen LogP contribution in [0.1, 0.15) is 19.4 Å². The Bertz CT molecular complexity index is 340. The van der Waals surface area contributed by atoms with E-state index < -0.39 is 0 Å². The molecule has 1 aromatic carbocycles. The Balaban J connectivity index is 3.21. The van der Waals surface area contributed by atoms with Gasteiger partial charge in [0.05, 0.1) is 14.2 Å². The second-order valence-electron chi connectivity index (χ2n) is 3.04. The van der Waals surface area contributed by atoms with Gasteiger partial charge in [0.1, 0.15) is 11.5 Å². The minimum absolute atomic E-state index is 0.849. The first-order valence-electron chi connectivity index (χ1n) is 4.58. The van der Waals surface area contributed by atoms with Gasteiger partial charge >= 0.3 is 0 Å². The monoisotopic (exact) mass is 192 g/mol. The molecule has 0 amide bonds. The molecular weight excluding hydrogens is 176 g/mol. The third-order valence-corrected chi connectivity index (χ3v) is 2.26. The summed E-state index contributed by atoms with van der Waals surface area (Å²) in [5, 5.41) is 0. The van der Waals surface area contributed by atoms with E-state index in [0.717, 1.165) is 17.1 Å². The molecule has 0 spiro atoms. The molecule has 1 aromatic rings. The summed E-state index contributed by atoms with van der Waals surface area (Å²) in [6.07, 6.45) is 2.05. The van der Waals surface area contributed by atoms with Crippen LogP contribution in [0.2, 0.25) is 0 Å². The van der Waals surface area contributed by atoms with E-state index >= 15 is 0 Å². The zero-order valence-electron chi connectivity index (χ0n) is 9.13. The first-order valence-corrected chi connectivity index (χ1v) is 4.58. The van der Waals surface area contributed by atoms with Crippen molar-refractivity contribution in [1.82, 2.24) is 0 Å². The molecule has 0 aliphatic heterocycles. The van der Waals surface area contributed by atoms with Crippen LogP contribution in [-0.4, -0.2) is 14.2 Å². The number of hydrogen-bond acceptors (Lipinski definition) is 2. The van der Waals surface area contributed by atoms with Gasteiger partial charge in [0.2, 0.25) is 0 Å². The molecular formula is C12H16O2. The molecule has 0 fully saturated rings. The Morgan fingerprint density at radius 2 is 1.93 bits per heavy atom. The van der Waals surface area contributed by atoms with E-state index in [9.17, 15) is 0 Å². The van der Waals surface area contributed by atoms with Crippen LogP contribution in [0.25, 0.3) is 5.57 Å². The van der Waals surface area contributed by atoms with E-state index in [1.54, 1.807) is 14.2 Å². The predicted molar refractivity (Wildman–Crippen MR) is 58.9 cm³/mol. The molecule has 0 unspecified atom stereocenters. The summed E-state index contributed by atoms with van der Waals surface area (Å²) in [5.74, 6) is 1.73. The lowest BCUT2D eigenvalue weighted by atomic mass is 10.1. The van der Waals surface area contributed by atoms with Gasteiger partial charge in [0, 0.05) is 5.56 Å². The first-order chi connectivity index (χ1) is 6.72. The van der Waals surface area contributed by atoms with Crippen molar-refractivity contribution in [3.05, 3.63) is 29.8 Å². The lowest BCUT2D eigenvalue weighted by Crippen LogP contribution is -1.91. The third kappa shape index (κ3) is 2.08. The Labute approximate surface area is 85.2 Å². The Hall–Kier alpha value is -1.44. The van der Waals surface area contributed by atoms with Gasteiger partial charge in [-0.2, -0.15) is 0 Å². The molecule has 2 nitrogen and oxygen atoms in total. The zero-order chi connectivity index (χ0) is 10.6. The summed E-state index contributed by atoms with van der Waals surface area (Å²) < 4.78 is 10.4. The molecule has 0 radical (unpaired) electrons. The normalized spacial score (nSPS) is 11.3. The van der Waals surface area contributed by atoms with Crippen molar-refractivity contribution in [2.75, 3.05) is 14.2 Å². The van der Waals surface area contributed by atoms with Crippen LogP contribution in [0.15, 0.2) is 24.3 Å². The van der Waals surface area contributed by atoms with Crippen molar-refractivity contribution in [3.63, 3.8) is 0 Å². The first kappa shape index (κ1) is 10.6. The minimum atomic E-state index is 0.849. The average Bonchev–Trinajstić information content (AvgIpc) is 2.27. The van der Waals surface area contributed by atoms with Crippen molar-refractivity contribution in [2.24, 2.45) is 0 Å². The molecule has 0 bridgehead atoms. The van der Waals surface area contributed by atoms with E-state index in [1.807, 2.05) is 25.1 Å². The van der Waals surface area contributed by atoms with Crippen LogP contribution in [0.3, 0.4) is 0 Å². The van der Waals surface area contributed by atoms with Crippen LogP contribution in [0, 0.1) is 0 Å². The number of benzene rings is 1. The molecule has 2 heteroatoms. The van der Waals surface area contributed by atoms with E-state index in [2.05, 4.69) is 13.0 Å². The maximum Gasteiger partial charge on any atom is 0.126 e. The number of allylic oxidation sites excluding steroid dienone is 2. The highest BCUT2D eigenvalue weighted by Crippen LogP contribution is 2.29. The summed E-state index contributed by atoms with van der Waals surface area (Å²) in [7, 11) is 3.34. The number of hydrogen-bond donors (Lipinski definition) is 0. The Morgan fingerprint density at radius 1 is 1.21 bits per heavy atom. The van der Waals surface area contributed by atoms with Crippen LogP contribution in [0.4, 0.5) is 0 Å². The molecule has 0 aromatic heterocycles. The van der Waals surface area contributed by atoms with Gasteiger partial charge in [-0.25, -0.2) is 0 Å². The van der Waals surface area contributed by atoms with Gasteiger partial charge in [-0.15, -0.1) is 0 Å². The lowest BCUT2D eigenvalue weighted by molar-refractivity contribution is 0.402. The lowest BCUT2D eigenvalue weighted by Gasteiger charge is -2.10. The topological polar surface area (TPSA) is 18.5 Å². The van der Waals surface area contributed by atoms with Gasteiger partial charge in [-0.3, -0.25) is 0 Å². The summed E-state index contributed by atoms with van der Waals surface area (Å²) in [6, 6.07) is 5.79. The van der Waals surface area contributed by atoms with Crippen molar-refractivity contribution in [1.29, 1.82) is 0 Å². The van der Waals surface area contributed by atoms with Crippen molar-refractivity contribution in [2.45, 2.75) is 13.8 Å². The fraction of sp³-hybridized carbons (Fsp3) is 0.333. The third-order valence-electron chi connectivity index (χ3n) is 2.26. The highest BCUT2D eigenvalue weighted by atomic mass is 16.5. The summed E-state index contributed by atoms with van der Waals surface area (Å²) in [6.45, 7) is 4.06. The SMILES string of the molecule is C/C=C(/C)c1cc(OC)ccc1OC. The predicted octanol–water partition coefficient (Wildman–Crippen LogP) is 3.13. The van der Waals surface area contributed by atoms with Gasteiger partial charge in [0.15, 0.2) is 0 Å². The van der Waals surface area contributed by atoms with Gasteiger partial charge in [-0.05, 0) is 37.6 Å². The standard InChI is InChI=1S/C12H16O2/c1-5-9(2)11-8-10(13-3)6-7-12(11)14-4/h5-8H,1-4H3/b9-5-. The number of ether oxygens (including phenoxy) is 2. The summed E-state index contributed by atoms with van der Waals surface area (Å²) in [5.41, 5.74) is 2.26. The summed E-state index contributed by atoms with van der Waals surface area (Å²) >= 11 is 0. The Kier molecular flexibility index (Phi) is 3.57. The van der Waals surface area contributed by atoms with Crippen molar-refractivity contribution in [3.8, 4) is 11.5 Å². The molecule has 1 rings (SSSR count). The van der Waals surface area contributed by atoms with E-state index in [4.69, 9.17) is 9.47 Å². The molecule has 0 N–H and O–H groups in total. The van der Waals surface area contributed by atoms with E-state index in [-0.39, 0.29) is 0 Å². The maximum absolute atomic E-state index is 5.27. The van der Waals surface area contributed by atoms with Crippen molar-refractivity contribution >= 4 is 5.57 Å². The van der Waals surface area contributed by atoms with Crippen LogP contribution in [-0.2, 0) is 0 Å². The van der Waals surface area contributed by atoms with Gasteiger partial charge in [0.25, 0.3) is 0 Å². The fourth-order valence-corrected chi connectivity index (χ4v) is 1.28. The average molecular weight is 192 g/mol. The van der Waals surface area contributed by atoms with Crippen LogP contribution in [0.5, 0.6) is 11.5 Å². The maximum atomic E-state index is 5.27. The highest BCUT2D eigenvalue weighted by molar-refractivity contribution is 5.70. The second kappa shape index (κ2) is 4.70. The minimum Gasteiger partial charge on any atom is -0.497 e. The fourth-order valence-electron chi connectivity index (χ4n) is 1.28. The molecule has 0 saturated heterocycles. The van der Waals surface area contributed by atoms with Crippen LogP contribution >= 0.6 is 0 Å².